The van der Waals surface area contributed by atoms with Gasteiger partial charge < -0.3 is 9.47 Å². The van der Waals surface area contributed by atoms with Gasteiger partial charge in [-0.1, -0.05) is 39.7 Å². The van der Waals surface area contributed by atoms with E-state index in [0.29, 0.717) is 17.7 Å². The van der Waals surface area contributed by atoms with Crippen molar-refractivity contribution in [1.82, 2.24) is 0 Å². The Balaban J connectivity index is 2.61. The van der Waals surface area contributed by atoms with E-state index in [0.717, 1.165) is 25.7 Å². The summed E-state index contributed by atoms with van der Waals surface area (Å²) in [5.74, 6) is -0.534. The largest absolute Gasteiger partial charge is 0.462 e. The first-order valence-corrected chi connectivity index (χ1v) is 8.42. The number of hydrogen-bond donors (Lipinski definition) is 0. The first-order valence-electron chi connectivity index (χ1n) is 8.42. The summed E-state index contributed by atoms with van der Waals surface area (Å²) in [6.45, 7) is 8.35. The molecule has 0 N–H and O–H groups in total. The molecule has 0 saturated carbocycles. The molecule has 23 heavy (non-hydrogen) atoms. The highest BCUT2D eigenvalue weighted by Gasteiger charge is 2.15. The molecule has 0 saturated heterocycles. The second kappa shape index (κ2) is 10.0. The second-order valence-corrected chi connectivity index (χ2v) is 6.28. The van der Waals surface area contributed by atoms with Crippen molar-refractivity contribution in [3.8, 4) is 0 Å². The number of unbranched alkanes of at least 4 members (excludes halogenated alkanes) is 2. The molecule has 0 aromatic heterocycles. The highest BCUT2D eigenvalue weighted by atomic mass is 16.5. The van der Waals surface area contributed by atoms with E-state index in [-0.39, 0.29) is 12.0 Å². The molecule has 0 amide bonds. The maximum Gasteiger partial charge on any atom is 0.338 e. The number of rotatable bonds is 9. The van der Waals surface area contributed by atoms with Crippen molar-refractivity contribution in [1.29, 1.82) is 0 Å². The van der Waals surface area contributed by atoms with Gasteiger partial charge in [-0.25, -0.2) is 9.59 Å². The molecule has 0 aliphatic heterocycles. The van der Waals surface area contributed by atoms with E-state index < -0.39 is 11.9 Å². The standard InChI is InChI=1S/C19H28O4/c1-5-6-7-9-15(4)23-19(21)17-11-8-10-16(12-17)18(20)22-13-14(2)3/h8,10-12,14-15H,5-7,9,13H2,1-4H3. The van der Waals surface area contributed by atoms with E-state index in [1.54, 1.807) is 18.2 Å². The third kappa shape index (κ3) is 7.31. The molecular formula is C19H28O4. The van der Waals surface area contributed by atoms with Crippen molar-refractivity contribution >= 4 is 11.9 Å². The quantitative estimate of drug-likeness (QED) is 0.492. The molecule has 0 aliphatic rings. The van der Waals surface area contributed by atoms with Crippen molar-refractivity contribution in [2.24, 2.45) is 5.92 Å². The van der Waals surface area contributed by atoms with Gasteiger partial charge in [-0.05, 0) is 43.9 Å². The molecule has 4 nitrogen and oxygen atoms in total. The number of esters is 2. The van der Waals surface area contributed by atoms with E-state index in [2.05, 4.69) is 6.92 Å². The topological polar surface area (TPSA) is 52.6 Å². The lowest BCUT2D eigenvalue weighted by Gasteiger charge is -2.13. The Morgan fingerprint density at radius 2 is 1.70 bits per heavy atom. The molecule has 0 spiro atoms. The molecule has 4 heteroatoms. The summed E-state index contributed by atoms with van der Waals surface area (Å²) < 4.78 is 10.6. The van der Waals surface area contributed by atoms with Gasteiger partial charge in [-0.2, -0.15) is 0 Å². The molecule has 0 bridgehead atoms. The summed E-state index contributed by atoms with van der Waals surface area (Å²) in [6.07, 6.45) is 4.06. The van der Waals surface area contributed by atoms with Gasteiger partial charge >= 0.3 is 11.9 Å². The van der Waals surface area contributed by atoms with Crippen molar-refractivity contribution < 1.29 is 19.1 Å². The van der Waals surface area contributed by atoms with Crippen molar-refractivity contribution in [2.75, 3.05) is 6.61 Å². The molecule has 1 rings (SSSR count). The zero-order valence-corrected chi connectivity index (χ0v) is 14.6. The first-order chi connectivity index (χ1) is 10.9. The number of carbonyl (C=O) groups is 2. The lowest BCUT2D eigenvalue weighted by atomic mass is 10.1. The van der Waals surface area contributed by atoms with Crippen LogP contribution in [-0.2, 0) is 9.47 Å². The zero-order chi connectivity index (χ0) is 17.2. The van der Waals surface area contributed by atoms with Gasteiger partial charge in [-0.15, -0.1) is 0 Å². The Morgan fingerprint density at radius 3 is 2.30 bits per heavy atom. The Labute approximate surface area is 139 Å². The second-order valence-electron chi connectivity index (χ2n) is 6.28. The van der Waals surface area contributed by atoms with Crippen LogP contribution in [0.15, 0.2) is 24.3 Å². The van der Waals surface area contributed by atoms with E-state index >= 15 is 0 Å². The van der Waals surface area contributed by atoms with Crippen LogP contribution in [0.3, 0.4) is 0 Å². The molecule has 0 heterocycles. The number of hydrogen-bond acceptors (Lipinski definition) is 4. The van der Waals surface area contributed by atoms with Crippen LogP contribution >= 0.6 is 0 Å². The van der Waals surface area contributed by atoms with Crippen LogP contribution in [0.4, 0.5) is 0 Å². The number of benzene rings is 1. The average Bonchev–Trinajstić information content (AvgIpc) is 2.52. The average molecular weight is 320 g/mol. The SMILES string of the molecule is CCCCCC(C)OC(=O)c1cccc(C(=O)OCC(C)C)c1. The third-order valence-electron chi connectivity index (χ3n) is 3.40. The Morgan fingerprint density at radius 1 is 1.04 bits per heavy atom. The molecular weight excluding hydrogens is 292 g/mol. The highest BCUT2D eigenvalue weighted by molar-refractivity contribution is 5.95. The summed E-state index contributed by atoms with van der Waals surface area (Å²) in [5, 5.41) is 0. The van der Waals surface area contributed by atoms with Crippen LogP contribution < -0.4 is 0 Å². The fourth-order valence-electron chi connectivity index (χ4n) is 2.09. The van der Waals surface area contributed by atoms with Gasteiger partial charge in [0.1, 0.15) is 0 Å². The summed E-state index contributed by atoms with van der Waals surface area (Å²) in [6, 6.07) is 6.50. The van der Waals surface area contributed by atoms with Crippen LogP contribution in [0.2, 0.25) is 0 Å². The molecule has 1 unspecified atom stereocenters. The minimum Gasteiger partial charge on any atom is -0.462 e. The van der Waals surface area contributed by atoms with Crippen LogP contribution in [0.5, 0.6) is 0 Å². The fourth-order valence-corrected chi connectivity index (χ4v) is 2.09. The van der Waals surface area contributed by atoms with Gasteiger partial charge in [0.25, 0.3) is 0 Å². The number of carbonyl (C=O) groups excluding carboxylic acids is 2. The highest BCUT2D eigenvalue weighted by Crippen LogP contribution is 2.12. The van der Waals surface area contributed by atoms with Gasteiger partial charge in [0, 0.05) is 0 Å². The lowest BCUT2D eigenvalue weighted by molar-refractivity contribution is 0.0319. The molecule has 0 aliphatic carbocycles. The Bertz CT molecular complexity index is 508. The van der Waals surface area contributed by atoms with Gasteiger partial charge in [-0.3, -0.25) is 0 Å². The maximum absolute atomic E-state index is 12.2. The molecule has 1 aromatic carbocycles. The summed E-state index contributed by atoms with van der Waals surface area (Å²) in [7, 11) is 0. The predicted octanol–water partition coefficient (Wildman–Crippen LogP) is 4.63. The Hall–Kier alpha value is -1.84. The summed E-state index contributed by atoms with van der Waals surface area (Å²) in [5.41, 5.74) is 0.755. The lowest BCUT2D eigenvalue weighted by Crippen LogP contribution is -2.16. The summed E-state index contributed by atoms with van der Waals surface area (Å²) in [4.78, 5) is 24.1. The minimum atomic E-state index is -0.413. The molecule has 0 radical (unpaired) electrons. The van der Waals surface area contributed by atoms with Crippen LogP contribution in [-0.4, -0.2) is 24.6 Å². The molecule has 1 atom stereocenters. The molecule has 1 aromatic rings. The Kier molecular flexibility index (Phi) is 8.38. The maximum atomic E-state index is 12.2. The summed E-state index contributed by atoms with van der Waals surface area (Å²) >= 11 is 0. The smallest absolute Gasteiger partial charge is 0.338 e. The van der Waals surface area contributed by atoms with E-state index in [1.165, 1.54) is 6.07 Å². The first kappa shape index (κ1) is 19.2. The molecule has 0 fully saturated rings. The van der Waals surface area contributed by atoms with Crippen LogP contribution in [0.1, 0.15) is 74.1 Å². The van der Waals surface area contributed by atoms with E-state index in [4.69, 9.17) is 9.47 Å². The van der Waals surface area contributed by atoms with Crippen molar-refractivity contribution in [3.05, 3.63) is 35.4 Å². The normalized spacial score (nSPS) is 12.0. The van der Waals surface area contributed by atoms with Crippen LogP contribution in [0, 0.1) is 5.92 Å². The van der Waals surface area contributed by atoms with Gasteiger partial charge in [0.05, 0.1) is 23.8 Å². The van der Waals surface area contributed by atoms with E-state index in [9.17, 15) is 9.59 Å². The van der Waals surface area contributed by atoms with Gasteiger partial charge in [0.15, 0.2) is 0 Å². The number of ether oxygens (including phenoxy) is 2. The van der Waals surface area contributed by atoms with Crippen molar-refractivity contribution in [3.63, 3.8) is 0 Å². The van der Waals surface area contributed by atoms with E-state index in [1.807, 2.05) is 20.8 Å². The van der Waals surface area contributed by atoms with Crippen molar-refractivity contribution in [2.45, 2.75) is 59.5 Å². The predicted molar refractivity (Wildman–Crippen MR) is 90.6 cm³/mol. The zero-order valence-electron chi connectivity index (χ0n) is 14.6. The fraction of sp³-hybridized carbons (Fsp3) is 0.579. The monoisotopic (exact) mass is 320 g/mol. The van der Waals surface area contributed by atoms with Gasteiger partial charge in [0.2, 0.25) is 0 Å². The third-order valence-corrected chi connectivity index (χ3v) is 3.40. The molecule has 128 valence electrons. The minimum absolute atomic E-state index is 0.120. The van der Waals surface area contributed by atoms with Crippen LogP contribution in [0.25, 0.3) is 0 Å².